The molecule has 0 fully saturated rings. The lowest BCUT2D eigenvalue weighted by molar-refractivity contribution is 0.0693. The van der Waals surface area contributed by atoms with Crippen LogP contribution in [0.3, 0.4) is 0 Å². The van der Waals surface area contributed by atoms with Gasteiger partial charge in [0.25, 0.3) is 11.8 Å². The molecule has 0 N–H and O–H groups in total. The number of hydrogen-bond donors (Lipinski definition) is 0. The van der Waals surface area contributed by atoms with Gasteiger partial charge in [0, 0.05) is 20.6 Å². The van der Waals surface area contributed by atoms with Gasteiger partial charge in [0.2, 0.25) is 10.0 Å². The van der Waals surface area contributed by atoms with Crippen molar-refractivity contribution in [3.05, 3.63) is 42.0 Å². The molecular formula is C13H14N2O4S. The van der Waals surface area contributed by atoms with E-state index in [0.29, 0.717) is 0 Å². The van der Waals surface area contributed by atoms with Gasteiger partial charge < -0.3 is 0 Å². The SMILES string of the molecule is C=CCN(C)S(=O)(=O)c1ccc2c(c1)C(=O)N(C)C2=O. The molecule has 0 aromatic heterocycles. The van der Waals surface area contributed by atoms with E-state index in [4.69, 9.17) is 0 Å². The third kappa shape index (κ3) is 2.04. The zero-order valence-electron chi connectivity index (χ0n) is 11.2. The number of sulfonamides is 1. The van der Waals surface area contributed by atoms with Crippen molar-refractivity contribution in [2.75, 3.05) is 20.6 Å². The Labute approximate surface area is 117 Å². The molecule has 0 saturated carbocycles. The Kier molecular flexibility index (Phi) is 3.49. The molecular weight excluding hydrogens is 280 g/mol. The second kappa shape index (κ2) is 4.84. The topological polar surface area (TPSA) is 74.8 Å². The Balaban J connectivity index is 2.51. The molecule has 0 saturated heterocycles. The quantitative estimate of drug-likeness (QED) is 0.606. The molecule has 106 valence electrons. The van der Waals surface area contributed by atoms with Crippen LogP contribution in [0.5, 0.6) is 0 Å². The van der Waals surface area contributed by atoms with E-state index < -0.39 is 21.8 Å². The lowest BCUT2D eigenvalue weighted by Gasteiger charge is -2.15. The molecule has 0 bridgehead atoms. The number of fused-ring (bicyclic) bond motifs is 1. The molecule has 7 heteroatoms. The third-order valence-corrected chi connectivity index (χ3v) is 4.97. The van der Waals surface area contributed by atoms with E-state index in [9.17, 15) is 18.0 Å². The molecule has 1 aliphatic heterocycles. The van der Waals surface area contributed by atoms with Crippen molar-refractivity contribution in [3.63, 3.8) is 0 Å². The molecule has 1 aliphatic rings. The molecule has 1 aromatic carbocycles. The van der Waals surface area contributed by atoms with E-state index in [2.05, 4.69) is 6.58 Å². The largest absolute Gasteiger partial charge is 0.277 e. The molecule has 1 heterocycles. The summed E-state index contributed by atoms with van der Waals surface area (Å²) in [6.45, 7) is 3.64. The average Bonchev–Trinajstić information content (AvgIpc) is 2.64. The van der Waals surface area contributed by atoms with Crippen LogP contribution < -0.4 is 0 Å². The van der Waals surface area contributed by atoms with E-state index in [1.54, 1.807) is 0 Å². The lowest BCUT2D eigenvalue weighted by atomic mass is 10.1. The third-order valence-electron chi connectivity index (χ3n) is 3.16. The molecule has 2 rings (SSSR count). The highest BCUT2D eigenvalue weighted by Gasteiger charge is 2.34. The van der Waals surface area contributed by atoms with E-state index in [-0.39, 0.29) is 22.6 Å². The van der Waals surface area contributed by atoms with Crippen molar-refractivity contribution >= 4 is 21.8 Å². The first-order valence-electron chi connectivity index (χ1n) is 5.84. The minimum Gasteiger partial charge on any atom is -0.277 e. The van der Waals surface area contributed by atoms with Gasteiger partial charge in [-0.3, -0.25) is 14.5 Å². The van der Waals surface area contributed by atoms with Crippen molar-refractivity contribution in [3.8, 4) is 0 Å². The number of carbonyl (C=O) groups excluding carboxylic acids is 2. The summed E-state index contributed by atoms with van der Waals surface area (Å²) in [5, 5.41) is 0. The zero-order chi connectivity index (χ0) is 15.1. The van der Waals surface area contributed by atoms with Gasteiger partial charge in [-0.1, -0.05) is 6.08 Å². The fourth-order valence-electron chi connectivity index (χ4n) is 1.96. The summed E-state index contributed by atoms with van der Waals surface area (Å²) in [5.74, 6) is -0.915. The van der Waals surface area contributed by atoms with Gasteiger partial charge in [0.05, 0.1) is 16.0 Å². The van der Waals surface area contributed by atoms with Crippen LogP contribution in [0.25, 0.3) is 0 Å². The number of imide groups is 1. The van der Waals surface area contributed by atoms with Gasteiger partial charge in [-0.25, -0.2) is 8.42 Å². The minimum atomic E-state index is -3.70. The summed E-state index contributed by atoms with van der Waals surface area (Å²) in [7, 11) is -0.917. The summed E-state index contributed by atoms with van der Waals surface area (Å²) in [4.78, 5) is 24.5. The first kappa shape index (κ1) is 14.4. The van der Waals surface area contributed by atoms with E-state index in [1.807, 2.05) is 0 Å². The van der Waals surface area contributed by atoms with Crippen LogP contribution in [0.4, 0.5) is 0 Å². The maximum Gasteiger partial charge on any atom is 0.261 e. The van der Waals surface area contributed by atoms with Crippen molar-refractivity contribution < 1.29 is 18.0 Å². The molecule has 1 aromatic rings. The Bertz CT molecular complexity index is 709. The number of carbonyl (C=O) groups is 2. The van der Waals surface area contributed by atoms with Crippen molar-refractivity contribution in [1.82, 2.24) is 9.21 Å². The fourth-order valence-corrected chi connectivity index (χ4v) is 3.13. The van der Waals surface area contributed by atoms with Crippen molar-refractivity contribution in [2.24, 2.45) is 0 Å². The van der Waals surface area contributed by atoms with Gasteiger partial charge in [-0.15, -0.1) is 6.58 Å². The van der Waals surface area contributed by atoms with E-state index in [0.717, 1.165) is 9.21 Å². The highest BCUT2D eigenvalue weighted by molar-refractivity contribution is 7.89. The van der Waals surface area contributed by atoms with Crippen molar-refractivity contribution in [1.29, 1.82) is 0 Å². The summed E-state index contributed by atoms with van der Waals surface area (Å²) in [6, 6.07) is 3.94. The monoisotopic (exact) mass is 294 g/mol. The van der Waals surface area contributed by atoms with Crippen LogP contribution in [-0.4, -0.2) is 50.1 Å². The molecule has 0 radical (unpaired) electrons. The summed E-state index contributed by atoms with van der Waals surface area (Å²) < 4.78 is 25.6. The van der Waals surface area contributed by atoms with Crippen LogP contribution in [0.15, 0.2) is 35.7 Å². The van der Waals surface area contributed by atoms with E-state index in [1.165, 1.54) is 38.4 Å². The smallest absolute Gasteiger partial charge is 0.261 e. The molecule has 0 spiro atoms. The van der Waals surface area contributed by atoms with Crippen LogP contribution in [0.1, 0.15) is 20.7 Å². The number of amides is 2. The molecule has 0 aliphatic carbocycles. The summed E-state index contributed by atoms with van der Waals surface area (Å²) in [6.07, 6.45) is 1.47. The van der Waals surface area contributed by atoms with Crippen LogP contribution >= 0.6 is 0 Å². The van der Waals surface area contributed by atoms with Crippen LogP contribution in [-0.2, 0) is 10.0 Å². The molecule has 0 unspecified atom stereocenters. The van der Waals surface area contributed by atoms with Crippen molar-refractivity contribution in [2.45, 2.75) is 4.90 Å². The highest BCUT2D eigenvalue weighted by Crippen LogP contribution is 2.25. The number of benzene rings is 1. The van der Waals surface area contributed by atoms with Gasteiger partial charge >= 0.3 is 0 Å². The predicted octanol–water partition coefficient (Wildman–Crippen LogP) is 0.719. The maximum absolute atomic E-state index is 12.3. The Morgan fingerprint density at radius 2 is 1.85 bits per heavy atom. The first-order chi connectivity index (χ1) is 9.30. The first-order valence-corrected chi connectivity index (χ1v) is 7.28. The second-order valence-corrected chi connectivity index (χ2v) is 6.50. The van der Waals surface area contributed by atoms with Crippen LogP contribution in [0.2, 0.25) is 0 Å². The number of hydrogen-bond acceptors (Lipinski definition) is 4. The number of rotatable bonds is 4. The Hall–Kier alpha value is -1.99. The summed E-state index contributed by atoms with van der Waals surface area (Å²) in [5.41, 5.74) is 0.341. The summed E-state index contributed by atoms with van der Waals surface area (Å²) >= 11 is 0. The van der Waals surface area contributed by atoms with E-state index >= 15 is 0 Å². The molecule has 20 heavy (non-hydrogen) atoms. The average molecular weight is 294 g/mol. The maximum atomic E-state index is 12.3. The van der Waals surface area contributed by atoms with Gasteiger partial charge in [-0.05, 0) is 18.2 Å². The van der Waals surface area contributed by atoms with Crippen LogP contribution in [0, 0.1) is 0 Å². The molecule has 0 atom stereocenters. The standard InChI is InChI=1S/C13H14N2O4S/c1-4-7-14(2)20(18,19)9-5-6-10-11(8-9)13(17)15(3)12(10)16/h4-6,8H,1,7H2,2-3H3. The molecule has 2 amide bonds. The Morgan fingerprint density at radius 3 is 2.45 bits per heavy atom. The highest BCUT2D eigenvalue weighted by atomic mass is 32.2. The molecule has 6 nitrogen and oxygen atoms in total. The van der Waals surface area contributed by atoms with Gasteiger partial charge in [-0.2, -0.15) is 4.31 Å². The number of nitrogens with zero attached hydrogens (tertiary/aromatic N) is 2. The zero-order valence-corrected chi connectivity index (χ0v) is 12.0. The minimum absolute atomic E-state index is 0.0166. The second-order valence-electron chi connectivity index (χ2n) is 4.45. The number of likely N-dealkylation sites (N-methyl/N-ethyl adjacent to an activating group) is 1. The normalized spacial score (nSPS) is 14.8. The lowest BCUT2D eigenvalue weighted by Crippen LogP contribution is -2.27. The van der Waals surface area contributed by atoms with Gasteiger partial charge in [0.15, 0.2) is 0 Å². The van der Waals surface area contributed by atoms with Gasteiger partial charge in [0.1, 0.15) is 0 Å². The predicted molar refractivity (Wildman–Crippen MR) is 72.9 cm³/mol. The Morgan fingerprint density at radius 1 is 1.25 bits per heavy atom. The fraction of sp³-hybridized carbons (Fsp3) is 0.231.